The molecule has 0 radical (unpaired) electrons. The summed E-state index contributed by atoms with van der Waals surface area (Å²) in [6.45, 7) is 15.3. The number of benzene rings is 1. The highest BCUT2D eigenvalue weighted by Gasteiger charge is 2.18. The van der Waals surface area contributed by atoms with Gasteiger partial charge in [-0.25, -0.2) is 4.68 Å². The van der Waals surface area contributed by atoms with Gasteiger partial charge in [0.25, 0.3) is 0 Å². The number of ether oxygens (including phenoxy) is 1. The number of anilines is 1. The lowest BCUT2D eigenvalue weighted by Gasteiger charge is -2.26. The number of carbonyl (C=O) groups is 1. The zero-order chi connectivity index (χ0) is 20.9. The molecule has 154 valence electrons. The van der Waals surface area contributed by atoms with Gasteiger partial charge >= 0.3 is 0 Å². The molecule has 2 unspecified atom stereocenters. The van der Waals surface area contributed by atoms with Gasteiger partial charge in [0, 0.05) is 17.2 Å². The zero-order valence-corrected chi connectivity index (χ0v) is 18.2. The molecule has 6 heteroatoms. The first-order chi connectivity index (χ1) is 13.0. The van der Waals surface area contributed by atoms with Crippen molar-refractivity contribution in [1.29, 1.82) is 0 Å². The minimum Gasteiger partial charge on any atom is -0.374 e. The van der Waals surface area contributed by atoms with Crippen LogP contribution in [-0.4, -0.2) is 33.1 Å². The second-order valence-corrected chi connectivity index (χ2v) is 9.07. The van der Waals surface area contributed by atoms with Gasteiger partial charge < -0.3 is 10.1 Å². The van der Waals surface area contributed by atoms with Crippen molar-refractivity contribution in [2.75, 3.05) is 5.32 Å². The zero-order valence-electron chi connectivity index (χ0n) is 18.2. The van der Waals surface area contributed by atoms with E-state index in [1.54, 1.807) is 0 Å². The van der Waals surface area contributed by atoms with Crippen molar-refractivity contribution in [2.45, 2.75) is 73.6 Å². The van der Waals surface area contributed by atoms with E-state index >= 15 is 0 Å². The molecule has 0 aliphatic carbocycles. The molecule has 0 bridgehead atoms. The van der Waals surface area contributed by atoms with Crippen LogP contribution in [0.2, 0.25) is 0 Å². The molecule has 0 saturated carbocycles. The molecule has 0 aliphatic rings. The number of aromatic nitrogens is 3. The first kappa shape index (κ1) is 22.1. The summed E-state index contributed by atoms with van der Waals surface area (Å²) in [5.41, 5.74) is 2.80. The summed E-state index contributed by atoms with van der Waals surface area (Å²) < 4.78 is 7.91. The molecule has 0 saturated heterocycles. The smallest absolute Gasteiger partial charge is 0.226 e. The van der Waals surface area contributed by atoms with E-state index in [0.29, 0.717) is 6.54 Å². The Kier molecular flexibility index (Phi) is 7.35. The minimum atomic E-state index is -0.0464. The molecular formula is C22H34N4O2. The number of hydrogen-bond donors (Lipinski definition) is 1. The molecule has 28 heavy (non-hydrogen) atoms. The van der Waals surface area contributed by atoms with E-state index in [0.717, 1.165) is 23.4 Å². The van der Waals surface area contributed by atoms with E-state index in [9.17, 15) is 4.79 Å². The number of nitrogens with zero attached hydrogens (tertiary/aromatic N) is 3. The lowest BCUT2D eigenvalue weighted by atomic mass is 9.90. The average Bonchev–Trinajstić information content (AvgIpc) is 3.01. The summed E-state index contributed by atoms with van der Waals surface area (Å²) in [6, 6.07) is 7.65. The van der Waals surface area contributed by atoms with Crippen LogP contribution in [0.15, 0.2) is 30.5 Å². The molecule has 1 aromatic heterocycles. The third-order valence-electron chi connectivity index (χ3n) is 4.32. The number of carbonyl (C=O) groups excluding carboxylic acids is 1. The lowest BCUT2D eigenvalue weighted by Crippen LogP contribution is -2.25. The third-order valence-corrected chi connectivity index (χ3v) is 4.32. The topological polar surface area (TPSA) is 69.0 Å². The Labute approximate surface area is 168 Å². The van der Waals surface area contributed by atoms with Crippen LogP contribution in [0, 0.1) is 11.3 Å². The minimum absolute atomic E-state index is 0.00775. The number of nitrogens with one attached hydrogen (secondary N) is 1. The molecule has 1 aromatic carbocycles. The summed E-state index contributed by atoms with van der Waals surface area (Å²) in [4.78, 5) is 11.8. The molecule has 2 rings (SSSR count). The summed E-state index contributed by atoms with van der Waals surface area (Å²) in [5, 5.41) is 11.4. The molecule has 6 nitrogen and oxygen atoms in total. The van der Waals surface area contributed by atoms with Crippen LogP contribution in [-0.2, 0) is 16.1 Å². The average molecular weight is 387 g/mol. The second kappa shape index (κ2) is 9.32. The summed E-state index contributed by atoms with van der Waals surface area (Å²) in [5.74, 6) is -0.0386. The maximum Gasteiger partial charge on any atom is 0.226 e. The van der Waals surface area contributed by atoms with Crippen molar-refractivity contribution < 1.29 is 9.53 Å². The maximum atomic E-state index is 11.8. The van der Waals surface area contributed by atoms with Crippen LogP contribution in [0.25, 0.3) is 11.3 Å². The van der Waals surface area contributed by atoms with Crippen molar-refractivity contribution in [1.82, 2.24) is 15.0 Å². The molecule has 2 atom stereocenters. The largest absolute Gasteiger partial charge is 0.374 e. The summed E-state index contributed by atoms with van der Waals surface area (Å²) in [7, 11) is 0. The molecular weight excluding hydrogens is 352 g/mol. The Hall–Kier alpha value is -2.21. The fraction of sp³-hybridized carbons (Fsp3) is 0.591. The van der Waals surface area contributed by atoms with Crippen molar-refractivity contribution in [3.8, 4) is 11.3 Å². The standard InChI is InChI=1S/C22H34N4O2/c1-15(2)21(27)23-19-10-8-18(9-11-19)20-14-26(25-24-20)13-17(4)28-16(3)12-22(5,6)7/h8-11,14-17H,12-13H2,1-7H3,(H,23,27). The quantitative estimate of drug-likeness (QED) is 0.709. The van der Waals surface area contributed by atoms with Gasteiger partial charge in [-0.1, -0.05) is 52.0 Å². The summed E-state index contributed by atoms with van der Waals surface area (Å²) in [6.07, 6.45) is 3.20. The number of hydrogen-bond acceptors (Lipinski definition) is 4. The Bertz CT molecular complexity index is 760. The SMILES string of the molecule is CC(Cn1cc(-c2ccc(NC(=O)C(C)C)cc2)nn1)OC(C)CC(C)(C)C. The van der Waals surface area contributed by atoms with Crippen LogP contribution in [0.1, 0.15) is 54.9 Å². The van der Waals surface area contributed by atoms with E-state index in [1.807, 2.05) is 49.0 Å². The Morgan fingerprint density at radius 3 is 2.32 bits per heavy atom. The monoisotopic (exact) mass is 386 g/mol. The molecule has 1 N–H and O–H groups in total. The predicted molar refractivity (Wildman–Crippen MR) is 113 cm³/mol. The van der Waals surface area contributed by atoms with Gasteiger partial charge in [0.05, 0.1) is 24.9 Å². The Morgan fingerprint density at radius 2 is 1.75 bits per heavy atom. The lowest BCUT2D eigenvalue weighted by molar-refractivity contribution is -0.118. The summed E-state index contributed by atoms with van der Waals surface area (Å²) >= 11 is 0. The predicted octanol–water partition coefficient (Wildman–Crippen LogP) is 4.77. The van der Waals surface area contributed by atoms with E-state index in [-0.39, 0.29) is 29.4 Å². The normalized spacial score (nSPS) is 14.1. The van der Waals surface area contributed by atoms with Crippen LogP contribution < -0.4 is 5.32 Å². The van der Waals surface area contributed by atoms with Crippen LogP contribution in [0.3, 0.4) is 0 Å². The van der Waals surface area contributed by atoms with Gasteiger partial charge in [0.15, 0.2) is 0 Å². The highest BCUT2D eigenvalue weighted by Crippen LogP contribution is 2.23. The number of amides is 1. The highest BCUT2D eigenvalue weighted by atomic mass is 16.5. The molecule has 0 fully saturated rings. The van der Waals surface area contributed by atoms with E-state index in [1.165, 1.54) is 0 Å². The van der Waals surface area contributed by atoms with Crippen molar-refractivity contribution in [3.63, 3.8) is 0 Å². The van der Waals surface area contributed by atoms with Gasteiger partial charge in [-0.05, 0) is 37.8 Å². The fourth-order valence-corrected chi connectivity index (χ4v) is 3.14. The Balaban J connectivity index is 1.93. The first-order valence-corrected chi connectivity index (χ1v) is 10.0. The Morgan fingerprint density at radius 1 is 1.11 bits per heavy atom. The maximum absolute atomic E-state index is 11.8. The van der Waals surface area contributed by atoms with Crippen molar-refractivity contribution in [2.24, 2.45) is 11.3 Å². The molecule has 0 aliphatic heterocycles. The van der Waals surface area contributed by atoms with Crippen LogP contribution >= 0.6 is 0 Å². The first-order valence-electron chi connectivity index (χ1n) is 10.0. The number of rotatable bonds is 8. The third kappa shape index (κ3) is 7.08. The van der Waals surface area contributed by atoms with Crippen LogP contribution in [0.4, 0.5) is 5.69 Å². The van der Waals surface area contributed by atoms with Gasteiger partial charge in [-0.3, -0.25) is 4.79 Å². The van der Waals surface area contributed by atoms with E-state index < -0.39 is 0 Å². The fourth-order valence-electron chi connectivity index (χ4n) is 3.14. The molecule has 0 spiro atoms. The van der Waals surface area contributed by atoms with E-state index in [4.69, 9.17) is 4.74 Å². The molecule has 2 aromatic rings. The van der Waals surface area contributed by atoms with E-state index in [2.05, 4.69) is 50.2 Å². The van der Waals surface area contributed by atoms with Gasteiger partial charge in [0.1, 0.15) is 5.69 Å². The van der Waals surface area contributed by atoms with Gasteiger partial charge in [-0.2, -0.15) is 0 Å². The van der Waals surface area contributed by atoms with Gasteiger partial charge in [0.2, 0.25) is 5.91 Å². The van der Waals surface area contributed by atoms with Crippen LogP contribution in [0.5, 0.6) is 0 Å². The second-order valence-electron chi connectivity index (χ2n) is 9.07. The molecule has 1 heterocycles. The highest BCUT2D eigenvalue weighted by molar-refractivity contribution is 5.92. The van der Waals surface area contributed by atoms with Gasteiger partial charge in [-0.15, -0.1) is 5.10 Å². The van der Waals surface area contributed by atoms with Crippen molar-refractivity contribution >= 4 is 11.6 Å². The molecule has 1 amide bonds. The van der Waals surface area contributed by atoms with Crippen molar-refractivity contribution in [3.05, 3.63) is 30.5 Å².